The van der Waals surface area contributed by atoms with Gasteiger partial charge in [0.15, 0.2) is 0 Å². The summed E-state index contributed by atoms with van der Waals surface area (Å²) in [6.45, 7) is 2.51. The minimum Gasteiger partial charge on any atom is -0.344 e. The van der Waals surface area contributed by atoms with E-state index in [0.717, 1.165) is 51.6 Å². The predicted molar refractivity (Wildman–Crippen MR) is 81.1 cm³/mol. The van der Waals surface area contributed by atoms with Crippen LogP contribution in [-0.4, -0.2) is 40.9 Å². The molecule has 21 heavy (non-hydrogen) atoms. The predicted octanol–water partition coefficient (Wildman–Crippen LogP) is 0.809. The first-order valence-corrected chi connectivity index (χ1v) is 8.01. The lowest BCUT2D eigenvalue weighted by Gasteiger charge is -2.28. The number of hydrogen-bond donors (Lipinski definition) is 3. The van der Waals surface area contributed by atoms with Gasteiger partial charge in [-0.05, 0) is 38.3 Å². The van der Waals surface area contributed by atoms with Crippen LogP contribution in [0.2, 0.25) is 0 Å². The van der Waals surface area contributed by atoms with Crippen molar-refractivity contribution in [1.29, 1.82) is 0 Å². The molecule has 6 nitrogen and oxygen atoms in total. The summed E-state index contributed by atoms with van der Waals surface area (Å²) >= 11 is 0. The topological polar surface area (TPSA) is 85.0 Å². The molecule has 2 fully saturated rings. The van der Waals surface area contributed by atoms with Crippen molar-refractivity contribution in [3.63, 3.8) is 0 Å². The Bertz CT molecular complexity index is 486. The summed E-state index contributed by atoms with van der Waals surface area (Å²) in [5, 5.41) is 11.0. The fraction of sp³-hybridized carbons (Fsp3) is 0.733. The highest BCUT2D eigenvalue weighted by atomic mass is 16.2. The molecule has 6 heteroatoms. The number of rotatable bonds is 4. The first-order chi connectivity index (χ1) is 10.2. The number of amides is 1. The summed E-state index contributed by atoms with van der Waals surface area (Å²) in [6.07, 6.45) is 8.41. The van der Waals surface area contributed by atoms with Crippen molar-refractivity contribution in [2.24, 2.45) is 5.73 Å². The summed E-state index contributed by atoms with van der Waals surface area (Å²) in [4.78, 5) is 12.4. The molecule has 1 unspecified atom stereocenters. The van der Waals surface area contributed by atoms with E-state index in [1.54, 1.807) is 0 Å². The zero-order valence-corrected chi connectivity index (χ0v) is 12.5. The van der Waals surface area contributed by atoms with Gasteiger partial charge in [-0.15, -0.1) is 0 Å². The van der Waals surface area contributed by atoms with Crippen molar-refractivity contribution < 1.29 is 4.79 Å². The molecular weight excluding hydrogens is 266 g/mol. The highest BCUT2D eigenvalue weighted by Gasteiger charge is 2.34. The Morgan fingerprint density at radius 2 is 2.29 bits per heavy atom. The molecule has 1 saturated heterocycles. The van der Waals surface area contributed by atoms with Gasteiger partial charge in [0.2, 0.25) is 0 Å². The summed E-state index contributed by atoms with van der Waals surface area (Å²) in [5.41, 5.74) is 6.15. The molecule has 0 aromatic carbocycles. The van der Waals surface area contributed by atoms with E-state index in [1.165, 1.54) is 0 Å². The maximum absolute atomic E-state index is 12.4. The first kappa shape index (κ1) is 14.5. The molecule has 1 atom stereocenters. The highest BCUT2D eigenvalue weighted by molar-refractivity contribution is 5.92. The maximum atomic E-state index is 12.4. The molecule has 0 radical (unpaired) electrons. The summed E-state index contributed by atoms with van der Waals surface area (Å²) in [7, 11) is 0. The molecule has 1 aromatic rings. The van der Waals surface area contributed by atoms with Gasteiger partial charge in [-0.3, -0.25) is 9.48 Å². The fourth-order valence-corrected chi connectivity index (χ4v) is 3.46. The Hall–Kier alpha value is -1.40. The van der Waals surface area contributed by atoms with Gasteiger partial charge < -0.3 is 16.4 Å². The van der Waals surface area contributed by atoms with Crippen molar-refractivity contribution in [2.45, 2.75) is 50.1 Å². The number of carbonyl (C=O) groups is 1. The molecule has 0 spiro atoms. The van der Waals surface area contributed by atoms with Gasteiger partial charge in [-0.2, -0.15) is 5.10 Å². The second-order valence-electron chi connectivity index (χ2n) is 6.33. The maximum Gasteiger partial charge on any atom is 0.272 e. The van der Waals surface area contributed by atoms with Gasteiger partial charge in [0.25, 0.3) is 5.91 Å². The Kier molecular flexibility index (Phi) is 4.26. The van der Waals surface area contributed by atoms with Crippen molar-refractivity contribution in [1.82, 2.24) is 20.4 Å². The Balaban J connectivity index is 1.66. The minimum absolute atomic E-state index is 0.0927. The molecule has 0 bridgehead atoms. The van der Waals surface area contributed by atoms with Gasteiger partial charge in [-0.25, -0.2) is 0 Å². The molecule has 2 aliphatic rings. The van der Waals surface area contributed by atoms with Crippen LogP contribution in [0.1, 0.15) is 55.1 Å². The summed E-state index contributed by atoms with van der Waals surface area (Å²) in [6, 6.07) is 2.17. The monoisotopic (exact) mass is 291 g/mol. The van der Waals surface area contributed by atoms with E-state index in [4.69, 9.17) is 5.73 Å². The molecule has 116 valence electrons. The first-order valence-electron chi connectivity index (χ1n) is 8.01. The van der Waals surface area contributed by atoms with Crippen molar-refractivity contribution in [2.75, 3.05) is 19.6 Å². The van der Waals surface area contributed by atoms with Crippen LogP contribution in [-0.2, 0) is 0 Å². The number of nitrogens with two attached hydrogens (primary N) is 1. The number of aromatic nitrogens is 2. The molecule has 1 amide bonds. The third kappa shape index (κ3) is 3.11. The van der Waals surface area contributed by atoms with Crippen LogP contribution >= 0.6 is 0 Å². The molecule has 2 heterocycles. The number of carbonyl (C=O) groups excluding carboxylic acids is 1. The fourth-order valence-electron chi connectivity index (χ4n) is 3.46. The van der Waals surface area contributed by atoms with E-state index in [-0.39, 0.29) is 11.4 Å². The van der Waals surface area contributed by atoms with Crippen LogP contribution in [0.4, 0.5) is 0 Å². The van der Waals surface area contributed by atoms with Crippen LogP contribution in [0, 0.1) is 0 Å². The van der Waals surface area contributed by atoms with E-state index in [1.807, 2.05) is 16.9 Å². The number of hydrogen-bond acceptors (Lipinski definition) is 4. The molecule has 1 aliphatic carbocycles. The Morgan fingerprint density at radius 1 is 1.48 bits per heavy atom. The van der Waals surface area contributed by atoms with Gasteiger partial charge in [0, 0.05) is 19.3 Å². The second kappa shape index (κ2) is 6.15. The average molecular weight is 291 g/mol. The average Bonchev–Trinajstić information content (AvgIpc) is 3.18. The second-order valence-corrected chi connectivity index (χ2v) is 6.33. The van der Waals surface area contributed by atoms with Crippen molar-refractivity contribution in [3.8, 4) is 0 Å². The Morgan fingerprint density at radius 3 is 2.95 bits per heavy atom. The SMILES string of the molecule is NCC1(NC(=O)c2ccn(C3CCCNC3)n2)CCCC1. The number of nitrogens with zero attached hydrogens (tertiary/aromatic N) is 2. The van der Waals surface area contributed by atoms with Crippen LogP contribution in [0.5, 0.6) is 0 Å². The molecule has 1 saturated carbocycles. The third-order valence-corrected chi connectivity index (χ3v) is 4.82. The lowest BCUT2D eigenvalue weighted by molar-refractivity contribution is 0.0896. The lowest BCUT2D eigenvalue weighted by Crippen LogP contribution is -2.51. The quantitative estimate of drug-likeness (QED) is 0.766. The number of nitrogens with one attached hydrogen (secondary N) is 2. The summed E-state index contributed by atoms with van der Waals surface area (Å²) in [5.74, 6) is -0.0927. The van der Waals surface area contributed by atoms with Gasteiger partial charge in [-0.1, -0.05) is 12.8 Å². The van der Waals surface area contributed by atoms with Crippen molar-refractivity contribution in [3.05, 3.63) is 18.0 Å². The highest BCUT2D eigenvalue weighted by Crippen LogP contribution is 2.28. The van der Waals surface area contributed by atoms with E-state index < -0.39 is 0 Å². The zero-order chi connectivity index (χ0) is 14.7. The number of piperidine rings is 1. The molecular formula is C15H25N5O. The lowest BCUT2D eigenvalue weighted by atomic mass is 9.97. The van der Waals surface area contributed by atoms with Crippen LogP contribution in [0.15, 0.2) is 12.3 Å². The minimum atomic E-state index is -0.215. The molecule has 1 aliphatic heterocycles. The van der Waals surface area contributed by atoms with E-state index in [2.05, 4.69) is 15.7 Å². The normalized spacial score (nSPS) is 24.9. The smallest absolute Gasteiger partial charge is 0.272 e. The summed E-state index contributed by atoms with van der Waals surface area (Å²) < 4.78 is 1.92. The largest absolute Gasteiger partial charge is 0.344 e. The van der Waals surface area contributed by atoms with Crippen LogP contribution in [0.3, 0.4) is 0 Å². The Labute approximate surface area is 125 Å². The standard InChI is InChI=1S/C15H25N5O/c16-11-15(6-1-2-7-15)18-14(21)13-5-9-20(19-13)12-4-3-8-17-10-12/h5,9,12,17H,1-4,6-8,10-11,16H2,(H,18,21). The van der Waals surface area contributed by atoms with Gasteiger partial charge in [0.05, 0.1) is 11.6 Å². The molecule has 3 rings (SSSR count). The third-order valence-electron chi connectivity index (χ3n) is 4.82. The van der Waals surface area contributed by atoms with Crippen molar-refractivity contribution >= 4 is 5.91 Å². The van der Waals surface area contributed by atoms with Crippen LogP contribution in [0.25, 0.3) is 0 Å². The zero-order valence-electron chi connectivity index (χ0n) is 12.5. The molecule has 4 N–H and O–H groups in total. The molecule has 1 aromatic heterocycles. The van der Waals surface area contributed by atoms with E-state index in [0.29, 0.717) is 18.3 Å². The van der Waals surface area contributed by atoms with E-state index in [9.17, 15) is 4.79 Å². The van der Waals surface area contributed by atoms with E-state index >= 15 is 0 Å². The van der Waals surface area contributed by atoms with Gasteiger partial charge in [0.1, 0.15) is 5.69 Å². The van der Waals surface area contributed by atoms with Gasteiger partial charge >= 0.3 is 0 Å². The van der Waals surface area contributed by atoms with Crippen LogP contribution < -0.4 is 16.4 Å².